The fourth-order valence-electron chi connectivity index (χ4n) is 4.42. The van der Waals surface area contributed by atoms with Crippen LogP contribution < -0.4 is 15.8 Å². The lowest BCUT2D eigenvalue weighted by Crippen LogP contribution is -2.45. The van der Waals surface area contributed by atoms with Gasteiger partial charge in [0.2, 0.25) is 5.91 Å². The van der Waals surface area contributed by atoms with E-state index in [1.807, 2.05) is 65.6 Å². The molecule has 7 heteroatoms. The number of nitrogens with zero attached hydrogens (tertiary/aromatic N) is 3. The van der Waals surface area contributed by atoms with Crippen LogP contribution in [0.4, 0.5) is 5.82 Å². The third kappa shape index (κ3) is 4.53. The van der Waals surface area contributed by atoms with Gasteiger partial charge in [-0.1, -0.05) is 42.5 Å². The number of hydrogen-bond acceptors (Lipinski definition) is 5. The van der Waals surface area contributed by atoms with Crippen molar-refractivity contribution in [3.8, 4) is 0 Å². The van der Waals surface area contributed by atoms with Crippen molar-refractivity contribution in [2.24, 2.45) is 5.92 Å². The van der Waals surface area contributed by atoms with Crippen LogP contribution in [0.3, 0.4) is 0 Å². The summed E-state index contributed by atoms with van der Waals surface area (Å²) in [6.07, 6.45) is 3.20. The molecule has 2 aromatic heterocycles. The van der Waals surface area contributed by atoms with E-state index in [9.17, 15) is 9.59 Å². The van der Waals surface area contributed by atoms with Crippen molar-refractivity contribution in [1.82, 2.24) is 14.9 Å². The molecule has 4 aromatic rings. The fourth-order valence-corrected chi connectivity index (χ4v) is 4.42. The van der Waals surface area contributed by atoms with Gasteiger partial charge in [-0.3, -0.25) is 14.2 Å². The average molecular weight is 443 g/mol. The number of fused-ring (bicyclic) bond motifs is 1. The Bertz CT molecular complexity index is 1300. The molecule has 3 heterocycles. The zero-order valence-corrected chi connectivity index (χ0v) is 18.3. The molecule has 0 saturated carbocycles. The second-order valence-electron chi connectivity index (χ2n) is 8.38. The number of para-hydroxylation sites is 2. The number of rotatable bonds is 6. The lowest BCUT2D eigenvalue weighted by Gasteiger charge is -2.32. The first-order valence-corrected chi connectivity index (χ1v) is 11.3. The summed E-state index contributed by atoms with van der Waals surface area (Å²) in [6.45, 7) is 2.00. The van der Waals surface area contributed by atoms with E-state index in [0.29, 0.717) is 32.0 Å². The van der Waals surface area contributed by atoms with Crippen molar-refractivity contribution in [1.29, 1.82) is 0 Å². The minimum Gasteiger partial charge on any atom is -0.467 e. The Kier molecular flexibility index (Phi) is 5.93. The molecule has 1 aliphatic heterocycles. The zero-order valence-electron chi connectivity index (χ0n) is 18.3. The number of benzene rings is 2. The Balaban J connectivity index is 1.42. The number of carbonyl (C=O) groups excluding carboxylic acids is 1. The molecule has 1 aliphatic rings. The number of piperidine rings is 1. The van der Waals surface area contributed by atoms with Gasteiger partial charge >= 0.3 is 0 Å². The summed E-state index contributed by atoms with van der Waals surface area (Å²) in [5.74, 6) is 0.898. The largest absolute Gasteiger partial charge is 0.467 e. The maximum Gasteiger partial charge on any atom is 0.294 e. The van der Waals surface area contributed by atoms with E-state index in [-0.39, 0.29) is 17.4 Å². The smallest absolute Gasteiger partial charge is 0.294 e. The molecule has 0 radical (unpaired) electrons. The third-order valence-electron chi connectivity index (χ3n) is 6.13. The molecule has 5 rings (SSSR count). The molecule has 1 unspecified atom stereocenters. The van der Waals surface area contributed by atoms with Gasteiger partial charge in [-0.15, -0.1) is 0 Å². The van der Waals surface area contributed by atoms with E-state index in [1.165, 1.54) is 0 Å². The quantitative estimate of drug-likeness (QED) is 0.494. The van der Waals surface area contributed by atoms with Gasteiger partial charge in [0.1, 0.15) is 5.76 Å². The lowest BCUT2D eigenvalue weighted by atomic mass is 9.97. The van der Waals surface area contributed by atoms with E-state index in [2.05, 4.69) is 5.32 Å². The third-order valence-corrected chi connectivity index (χ3v) is 6.13. The van der Waals surface area contributed by atoms with Crippen LogP contribution in [0.5, 0.6) is 0 Å². The predicted octanol–water partition coefficient (Wildman–Crippen LogP) is 3.57. The first-order valence-electron chi connectivity index (χ1n) is 11.3. The molecular weight excluding hydrogens is 416 g/mol. The number of anilines is 1. The molecule has 1 N–H and O–H groups in total. The predicted molar refractivity (Wildman–Crippen MR) is 127 cm³/mol. The number of furan rings is 1. The van der Waals surface area contributed by atoms with Gasteiger partial charge in [-0.25, -0.2) is 4.98 Å². The average Bonchev–Trinajstić information content (AvgIpc) is 3.38. The molecule has 1 atom stereocenters. The Hall–Kier alpha value is -3.87. The van der Waals surface area contributed by atoms with Crippen LogP contribution in [0.25, 0.3) is 11.0 Å². The monoisotopic (exact) mass is 442 g/mol. The van der Waals surface area contributed by atoms with E-state index in [0.717, 1.165) is 35.2 Å². The van der Waals surface area contributed by atoms with Crippen LogP contribution in [0.1, 0.15) is 24.2 Å². The van der Waals surface area contributed by atoms with Gasteiger partial charge in [0.05, 0.1) is 36.3 Å². The first-order chi connectivity index (χ1) is 16.2. The van der Waals surface area contributed by atoms with Gasteiger partial charge in [0.25, 0.3) is 5.56 Å². The summed E-state index contributed by atoms with van der Waals surface area (Å²) >= 11 is 0. The van der Waals surface area contributed by atoms with Crippen LogP contribution in [0.15, 0.2) is 82.2 Å². The van der Waals surface area contributed by atoms with Gasteiger partial charge in [-0.2, -0.15) is 0 Å². The highest BCUT2D eigenvalue weighted by atomic mass is 16.3. The van der Waals surface area contributed by atoms with Gasteiger partial charge in [0, 0.05) is 13.1 Å². The summed E-state index contributed by atoms with van der Waals surface area (Å²) in [5, 5.41) is 2.95. The SMILES string of the molecule is O=C(NCc1ccco1)C1CCCN(c2nc3ccccc3n(Cc3ccccc3)c2=O)C1. The van der Waals surface area contributed by atoms with Gasteiger partial charge in [0.15, 0.2) is 5.82 Å². The maximum absolute atomic E-state index is 13.6. The van der Waals surface area contributed by atoms with Crippen molar-refractivity contribution in [3.63, 3.8) is 0 Å². The Morgan fingerprint density at radius 3 is 2.70 bits per heavy atom. The Morgan fingerprint density at radius 1 is 1.06 bits per heavy atom. The van der Waals surface area contributed by atoms with Crippen LogP contribution in [0, 0.1) is 5.92 Å². The van der Waals surface area contributed by atoms with Gasteiger partial charge < -0.3 is 14.6 Å². The number of carbonyl (C=O) groups is 1. The molecule has 2 aromatic carbocycles. The molecular formula is C26H26N4O3. The van der Waals surface area contributed by atoms with Gasteiger partial charge in [-0.05, 0) is 42.7 Å². The summed E-state index contributed by atoms with van der Waals surface area (Å²) in [4.78, 5) is 33.1. The van der Waals surface area contributed by atoms with E-state index in [1.54, 1.807) is 16.9 Å². The van der Waals surface area contributed by atoms with Crippen LogP contribution >= 0.6 is 0 Å². The van der Waals surface area contributed by atoms with E-state index >= 15 is 0 Å². The maximum atomic E-state index is 13.6. The number of aromatic nitrogens is 2. The first kappa shape index (κ1) is 21.0. The molecule has 1 amide bonds. The van der Waals surface area contributed by atoms with E-state index in [4.69, 9.17) is 9.40 Å². The van der Waals surface area contributed by atoms with Crippen molar-refractivity contribution < 1.29 is 9.21 Å². The highest BCUT2D eigenvalue weighted by molar-refractivity contribution is 5.80. The molecule has 0 spiro atoms. The highest BCUT2D eigenvalue weighted by Crippen LogP contribution is 2.22. The van der Waals surface area contributed by atoms with Crippen molar-refractivity contribution >= 4 is 22.8 Å². The highest BCUT2D eigenvalue weighted by Gasteiger charge is 2.28. The van der Waals surface area contributed by atoms with Crippen LogP contribution in [0.2, 0.25) is 0 Å². The Morgan fingerprint density at radius 2 is 1.88 bits per heavy atom. The minimum absolute atomic E-state index is 0.0264. The number of nitrogens with one attached hydrogen (secondary N) is 1. The van der Waals surface area contributed by atoms with Crippen molar-refractivity contribution in [2.45, 2.75) is 25.9 Å². The molecule has 7 nitrogen and oxygen atoms in total. The zero-order chi connectivity index (χ0) is 22.6. The fraction of sp³-hybridized carbons (Fsp3) is 0.269. The molecule has 33 heavy (non-hydrogen) atoms. The lowest BCUT2D eigenvalue weighted by molar-refractivity contribution is -0.125. The number of hydrogen-bond donors (Lipinski definition) is 1. The minimum atomic E-state index is -0.205. The summed E-state index contributed by atoms with van der Waals surface area (Å²) in [7, 11) is 0. The van der Waals surface area contributed by atoms with Crippen LogP contribution in [-0.2, 0) is 17.9 Å². The topological polar surface area (TPSA) is 80.4 Å². The molecule has 168 valence electrons. The van der Waals surface area contributed by atoms with Crippen LogP contribution in [-0.4, -0.2) is 28.5 Å². The summed E-state index contributed by atoms with van der Waals surface area (Å²) < 4.78 is 7.09. The second-order valence-corrected chi connectivity index (χ2v) is 8.38. The summed E-state index contributed by atoms with van der Waals surface area (Å²) in [5.41, 5.74) is 2.50. The molecule has 1 saturated heterocycles. The summed E-state index contributed by atoms with van der Waals surface area (Å²) in [6, 6.07) is 21.3. The molecule has 0 aliphatic carbocycles. The second kappa shape index (κ2) is 9.32. The number of amides is 1. The van der Waals surface area contributed by atoms with Crippen molar-refractivity contribution in [3.05, 3.63) is 94.7 Å². The normalized spacial score (nSPS) is 16.1. The van der Waals surface area contributed by atoms with E-state index < -0.39 is 0 Å². The standard InChI is InChI=1S/C26H26N4O3/c31-25(27-16-21-11-7-15-33-21)20-10-6-14-29(18-20)24-26(32)30(17-19-8-2-1-3-9-19)23-13-5-4-12-22(23)28-24/h1-5,7-9,11-13,15,20H,6,10,14,16-18H2,(H,27,31). The molecule has 1 fully saturated rings. The Labute approximate surface area is 191 Å². The van der Waals surface area contributed by atoms with Crippen molar-refractivity contribution in [2.75, 3.05) is 18.0 Å². The molecule has 0 bridgehead atoms.